The highest BCUT2D eigenvalue weighted by Crippen LogP contribution is 2.23. The van der Waals surface area contributed by atoms with Crippen LogP contribution in [-0.4, -0.2) is 42.5 Å². The number of para-hydroxylation sites is 1. The molecule has 2 rings (SSSR count). The van der Waals surface area contributed by atoms with Crippen LogP contribution in [0.15, 0.2) is 48.5 Å². The maximum atomic E-state index is 13.2. The number of rotatable bonds is 11. The first-order chi connectivity index (χ1) is 14.9. The average Bonchev–Trinajstić information content (AvgIpc) is 2.78. The lowest BCUT2D eigenvalue weighted by atomic mass is 10.1. The first-order valence-electron chi connectivity index (χ1n) is 10.5. The number of ether oxygens (including phenoxy) is 2. The van der Waals surface area contributed by atoms with E-state index >= 15 is 0 Å². The second-order valence-electron chi connectivity index (χ2n) is 7.33. The van der Waals surface area contributed by atoms with Crippen LogP contribution in [0.5, 0.6) is 11.5 Å². The number of halogens is 1. The molecule has 0 bridgehead atoms. The summed E-state index contributed by atoms with van der Waals surface area (Å²) >= 11 is 6.13. The van der Waals surface area contributed by atoms with Gasteiger partial charge < -0.3 is 19.7 Å². The van der Waals surface area contributed by atoms with Crippen molar-refractivity contribution in [2.75, 3.05) is 13.7 Å². The molecule has 2 amide bonds. The topological polar surface area (TPSA) is 67.9 Å². The van der Waals surface area contributed by atoms with Crippen LogP contribution < -0.4 is 14.8 Å². The lowest BCUT2D eigenvalue weighted by Crippen LogP contribution is -2.51. The number of carbonyl (C=O) groups excluding carboxylic acids is 2. The van der Waals surface area contributed by atoms with E-state index in [1.165, 1.54) is 0 Å². The number of nitrogens with one attached hydrogen (secondary N) is 1. The molecule has 6 nitrogen and oxygen atoms in total. The normalized spacial score (nSPS) is 12.5. The third-order valence-electron chi connectivity index (χ3n) is 5.09. The van der Waals surface area contributed by atoms with Gasteiger partial charge in [-0.1, -0.05) is 49.7 Å². The van der Waals surface area contributed by atoms with Crippen LogP contribution in [0.4, 0.5) is 0 Å². The van der Waals surface area contributed by atoms with Gasteiger partial charge in [0.05, 0.1) is 12.1 Å². The number of benzene rings is 2. The summed E-state index contributed by atoms with van der Waals surface area (Å²) in [6.07, 6.45) is 1.29. The first kappa shape index (κ1) is 24.5. The number of hydrogen-bond donors (Lipinski definition) is 1. The van der Waals surface area contributed by atoms with E-state index < -0.39 is 6.04 Å². The Labute approximate surface area is 189 Å². The molecule has 7 heteroatoms. The van der Waals surface area contributed by atoms with Gasteiger partial charge in [0.1, 0.15) is 17.5 Å². The van der Waals surface area contributed by atoms with Crippen LogP contribution in [0, 0.1) is 0 Å². The van der Waals surface area contributed by atoms with Gasteiger partial charge in [0.25, 0.3) is 5.91 Å². The Balaban J connectivity index is 2.22. The van der Waals surface area contributed by atoms with Crippen molar-refractivity contribution in [3.8, 4) is 11.5 Å². The van der Waals surface area contributed by atoms with Crippen LogP contribution in [0.1, 0.15) is 39.2 Å². The first-order valence-corrected chi connectivity index (χ1v) is 10.9. The average molecular weight is 447 g/mol. The number of methoxy groups -OCH3 is 1. The minimum absolute atomic E-state index is 0.0267. The van der Waals surface area contributed by atoms with Gasteiger partial charge in [-0.25, -0.2) is 0 Å². The van der Waals surface area contributed by atoms with E-state index in [0.29, 0.717) is 17.2 Å². The molecule has 31 heavy (non-hydrogen) atoms. The van der Waals surface area contributed by atoms with E-state index in [9.17, 15) is 9.59 Å². The molecule has 0 heterocycles. The fraction of sp³-hybridized carbons (Fsp3) is 0.417. The van der Waals surface area contributed by atoms with Crippen molar-refractivity contribution in [1.82, 2.24) is 10.2 Å². The Morgan fingerprint density at radius 1 is 1.06 bits per heavy atom. The molecule has 0 aliphatic carbocycles. The molecule has 168 valence electrons. The molecule has 2 atom stereocenters. The Morgan fingerprint density at radius 3 is 2.32 bits per heavy atom. The molecule has 0 saturated heterocycles. The largest absolute Gasteiger partial charge is 0.497 e. The zero-order chi connectivity index (χ0) is 22.8. The summed E-state index contributed by atoms with van der Waals surface area (Å²) in [7, 11) is 1.60. The number of hydrogen-bond acceptors (Lipinski definition) is 4. The molecule has 1 N–H and O–H groups in total. The van der Waals surface area contributed by atoms with Gasteiger partial charge >= 0.3 is 0 Å². The van der Waals surface area contributed by atoms with Crippen molar-refractivity contribution in [2.45, 2.75) is 52.2 Å². The summed E-state index contributed by atoms with van der Waals surface area (Å²) in [5.41, 5.74) is 0.890. The number of nitrogens with zero attached hydrogens (tertiary/aromatic N) is 1. The molecular weight excluding hydrogens is 416 g/mol. The van der Waals surface area contributed by atoms with Crippen molar-refractivity contribution >= 4 is 23.4 Å². The highest BCUT2D eigenvalue weighted by Gasteiger charge is 2.29. The second-order valence-corrected chi connectivity index (χ2v) is 7.74. The lowest BCUT2D eigenvalue weighted by Gasteiger charge is -2.31. The third kappa shape index (κ3) is 7.17. The molecular formula is C24H31ClN2O4. The van der Waals surface area contributed by atoms with E-state index in [4.69, 9.17) is 21.1 Å². The minimum Gasteiger partial charge on any atom is -0.497 e. The Hall–Kier alpha value is -2.73. The number of amides is 2. The predicted octanol–water partition coefficient (Wildman–Crippen LogP) is 4.45. The van der Waals surface area contributed by atoms with E-state index in [-0.39, 0.29) is 31.0 Å². The number of carbonyl (C=O) groups is 2. The Bertz CT molecular complexity index is 857. The predicted molar refractivity (Wildman–Crippen MR) is 122 cm³/mol. The van der Waals surface area contributed by atoms with Crippen molar-refractivity contribution in [3.63, 3.8) is 0 Å². The van der Waals surface area contributed by atoms with Gasteiger partial charge in [-0.2, -0.15) is 0 Å². The summed E-state index contributed by atoms with van der Waals surface area (Å²) in [6.45, 7) is 5.91. The van der Waals surface area contributed by atoms with Crippen molar-refractivity contribution < 1.29 is 19.1 Å². The molecule has 0 aliphatic rings. The fourth-order valence-corrected chi connectivity index (χ4v) is 3.26. The monoisotopic (exact) mass is 446 g/mol. The molecule has 2 aromatic carbocycles. The third-order valence-corrected chi connectivity index (χ3v) is 5.40. The highest BCUT2D eigenvalue weighted by molar-refractivity contribution is 6.32. The fourth-order valence-electron chi connectivity index (χ4n) is 3.07. The molecule has 0 aliphatic heterocycles. The second kappa shape index (κ2) is 12.2. The molecule has 2 aromatic rings. The van der Waals surface area contributed by atoms with E-state index in [1.54, 1.807) is 36.3 Å². The summed E-state index contributed by atoms with van der Waals surface area (Å²) < 4.78 is 10.9. The summed E-state index contributed by atoms with van der Waals surface area (Å²) in [4.78, 5) is 27.7. The van der Waals surface area contributed by atoms with Crippen molar-refractivity contribution in [1.29, 1.82) is 0 Å². The standard InChI is InChI=1S/C24H31ClN2O4/c1-5-17(3)26-24(29)21(6-2)27(15-18-11-13-19(30-4)14-12-18)23(28)16-31-22-10-8-7-9-20(22)25/h7-14,17,21H,5-6,15-16H2,1-4H3,(H,26,29)/t17-,21+/m0/s1. The van der Waals surface area contributed by atoms with Gasteiger partial charge in [-0.05, 0) is 49.6 Å². The molecule has 0 fully saturated rings. The lowest BCUT2D eigenvalue weighted by molar-refractivity contribution is -0.143. The van der Waals surface area contributed by atoms with Crippen LogP contribution >= 0.6 is 11.6 Å². The molecule has 0 radical (unpaired) electrons. The smallest absolute Gasteiger partial charge is 0.261 e. The summed E-state index contributed by atoms with van der Waals surface area (Å²) in [5, 5.41) is 3.42. The van der Waals surface area contributed by atoms with Crippen LogP contribution in [0.25, 0.3) is 0 Å². The van der Waals surface area contributed by atoms with Gasteiger partial charge in [-0.15, -0.1) is 0 Å². The van der Waals surface area contributed by atoms with Gasteiger partial charge in [0, 0.05) is 12.6 Å². The van der Waals surface area contributed by atoms with E-state index in [0.717, 1.165) is 17.7 Å². The summed E-state index contributed by atoms with van der Waals surface area (Å²) in [5.74, 6) is 0.697. The van der Waals surface area contributed by atoms with Gasteiger partial charge in [0.15, 0.2) is 6.61 Å². The Morgan fingerprint density at radius 2 is 1.74 bits per heavy atom. The highest BCUT2D eigenvalue weighted by atomic mass is 35.5. The van der Waals surface area contributed by atoms with Crippen molar-refractivity contribution in [3.05, 3.63) is 59.1 Å². The quantitative estimate of drug-likeness (QED) is 0.553. The van der Waals surface area contributed by atoms with Gasteiger partial charge in [0.2, 0.25) is 5.91 Å². The van der Waals surface area contributed by atoms with Crippen LogP contribution in [0.3, 0.4) is 0 Å². The Kier molecular flexibility index (Phi) is 9.66. The van der Waals surface area contributed by atoms with Crippen molar-refractivity contribution in [2.24, 2.45) is 0 Å². The molecule has 0 spiro atoms. The SMILES string of the molecule is CC[C@H](C(=O)N[C@@H](C)CC)N(Cc1ccc(OC)cc1)C(=O)COc1ccccc1Cl. The van der Waals surface area contributed by atoms with Crippen LogP contribution in [-0.2, 0) is 16.1 Å². The van der Waals surface area contributed by atoms with Crippen LogP contribution in [0.2, 0.25) is 5.02 Å². The van der Waals surface area contributed by atoms with Gasteiger partial charge in [-0.3, -0.25) is 9.59 Å². The summed E-state index contributed by atoms with van der Waals surface area (Å²) in [6, 6.07) is 13.8. The maximum absolute atomic E-state index is 13.2. The zero-order valence-corrected chi connectivity index (χ0v) is 19.3. The maximum Gasteiger partial charge on any atom is 0.261 e. The van der Waals surface area contributed by atoms with E-state index in [1.807, 2.05) is 45.0 Å². The molecule has 0 saturated carbocycles. The van der Waals surface area contributed by atoms with E-state index in [2.05, 4.69) is 5.32 Å². The molecule has 0 aromatic heterocycles. The molecule has 0 unspecified atom stereocenters. The zero-order valence-electron chi connectivity index (χ0n) is 18.6. The minimum atomic E-state index is -0.613.